The highest BCUT2D eigenvalue weighted by molar-refractivity contribution is 5.82. The maximum absolute atomic E-state index is 6.34. The number of benzene rings is 1. The normalized spacial score (nSPS) is 12.0. The number of aromatic nitrogens is 2. The molecule has 2 rings (SSSR count). The molecule has 0 aliphatic carbocycles. The smallest absolute Gasteiger partial charge is 0.153 e. The van der Waals surface area contributed by atoms with Crippen molar-refractivity contribution in [3.63, 3.8) is 0 Å². The summed E-state index contributed by atoms with van der Waals surface area (Å²) in [6, 6.07) is 4.20. The molecule has 0 aliphatic heterocycles. The van der Waals surface area contributed by atoms with E-state index >= 15 is 0 Å². The minimum atomic E-state index is 0.152. The monoisotopic (exact) mass is 330 g/mol. The number of nitrogens with one attached hydrogen (secondary N) is 1. The summed E-state index contributed by atoms with van der Waals surface area (Å²) >= 11 is 0. The standard InChI is InChI=1S/C18H26N4O2/c1-6-13(9-23-4)22-18-16(19)17(20-10-21-18)14-7-12(3)15(24-5)8-11(14)2/h7-8,10,13H,6,9,19H2,1-5H3,(H,20,21,22). The molecular formula is C18H26N4O2. The van der Waals surface area contributed by atoms with E-state index < -0.39 is 0 Å². The summed E-state index contributed by atoms with van der Waals surface area (Å²) in [4.78, 5) is 8.69. The van der Waals surface area contributed by atoms with Crippen LogP contribution in [0.25, 0.3) is 11.3 Å². The Morgan fingerprint density at radius 3 is 2.54 bits per heavy atom. The average Bonchev–Trinajstić information content (AvgIpc) is 2.58. The zero-order valence-electron chi connectivity index (χ0n) is 15.0. The third-order valence-electron chi connectivity index (χ3n) is 4.08. The zero-order valence-corrected chi connectivity index (χ0v) is 15.0. The highest BCUT2D eigenvalue weighted by Crippen LogP contribution is 2.34. The Morgan fingerprint density at radius 1 is 1.17 bits per heavy atom. The lowest BCUT2D eigenvalue weighted by molar-refractivity contribution is 0.184. The molecule has 1 heterocycles. The lowest BCUT2D eigenvalue weighted by atomic mass is 10.0. The van der Waals surface area contributed by atoms with E-state index in [1.165, 1.54) is 6.33 Å². The summed E-state index contributed by atoms with van der Waals surface area (Å²) in [5, 5.41) is 3.34. The molecule has 0 saturated carbocycles. The number of nitrogens with zero attached hydrogens (tertiary/aromatic N) is 2. The van der Waals surface area contributed by atoms with Crippen LogP contribution >= 0.6 is 0 Å². The van der Waals surface area contributed by atoms with E-state index in [0.29, 0.717) is 18.1 Å². The Labute approximate surface area is 143 Å². The van der Waals surface area contributed by atoms with Crippen LogP contribution in [0.5, 0.6) is 5.75 Å². The van der Waals surface area contributed by atoms with Crippen LogP contribution in [-0.2, 0) is 4.74 Å². The van der Waals surface area contributed by atoms with Gasteiger partial charge in [-0.3, -0.25) is 0 Å². The molecule has 0 amide bonds. The molecule has 130 valence electrons. The van der Waals surface area contributed by atoms with Gasteiger partial charge < -0.3 is 20.5 Å². The molecule has 6 heteroatoms. The maximum atomic E-state index is 6.34. The zero-order chi connectivity index (χ0) is 17.7. The SMILES string of the molecule is CCC(COC)Nc1ncnc(-c2cc(C)c(OC)cc2C)c1N. The van der Waals surface area contributed by atoms with Gasteiger partial charge in [0.05, 0.1) is 25.5 Å². The molecule has 0 bridgehead atoms. The Kier molecular flexibility index (Phi) is 5.98. The van der Waals surface area contributed by atoms with E-state index in [4.69, 9.17) is 15.2 Å². The lowest BCUT2D eigenvalue weighted by Gasteiger charge is -2.19. The molecule has 1 aromatic carbocycles. The third-order valence-corrected chi connectivity index (χ3v) is 4.08. The van der Waals surface area contributed by atoms with Crippen LogP contribution in [0.3, 0.4) is 0 Å². The van der Waals surface area contributed by atoms with Gasteiger partial charge in [0.15, 0.2) is 5.82 Å². The number of hydrogen-bond acceptors (Lipinski definition) is 6. The molecular weight excluding hydrogens is 304 g/mol. The van der Waals surface area contributed by atoms with Gasteiger partial charge in [-0.05, 0) is 43.5 Å². The molecule has 1 atom stereocenters. The highest BCUT2D eigenvalue weighted by Gasteiger charge is 2.16. The topological polar surface area (TPSA) is 82.3 Å². The molecule has 24 heavy (non-hydrogen) atoms. The summed E-state index contributed by atoms with van der Waals surface area (Å²) in [5.41, 5.74) is 10.7. The van der Waals surface area contributed by atoms with Crippen molar-refractivity contribution >= 4 is 11.5 Å². The van der Waals surface area contributed by atoms with Crippen molar-refractivity contribution in [1.82, 2.24) is 9.97 Å². The number of anilines is 2. The number of nitrogen functional groups attached to an aromatic ring is 1. The minimum absolute atomic E-state index is 0.152. The number of rotatable bonds is 7. The Morgan fingerprint density at radius 2 is 1.92 bits per heavy atom. The number of nitrogens with two attached hydrogens (primary N) is 1. The van der Waals surface area contributed by atoms with Crippen molar-refractivity contribution in [3.8, 4) is 17.0 Å². The van der Waals surface area contributed by atoms with Crippen molar-refractivity contribution in [3.05, 3.63) is 29.6 Å². The molecule has 0 fully saturated rings. The molecule has 0 saturated heterocycles. The second-order valence-electron chi connectivity index (χ2n) is 5.83. The largest absolute Gasteiger partial charge is 0.496 e. The van der Waals surface area contributed by atoms with Crippen molar-refractivity contribution in [2.24, 2.45) is 0 Å². The van der Waals surface area contributed by atoms with Crippen LogP contribution < -0.4 is 15.8 Å². The van der Waals surface area contributed by atoms with E-state index in [1.54, 1.807) is 14.2 Å². The Bertz CT molecular complexity index is 704. The van der Waals surface area contributed by atoms with Crippen molar-refractivity contribution in [1.29, 1.82) is 0 Å². The van der Waals surface area contributed by atoms with Crippen LogP contribution in [0.15, 0.2) is 18.5 Å². The first-order valence-electron chi connectivity index (χ1n) is 8.03. The highest BCUT2D eigenvalue weighted by atomic mass is 16.5. The van der Waals surface area contributed by atoms with E-state index in [2.05, 4.69) is 22.2 Å². The van der Waals surface area contributed by atoms with Gasteiger partial charge in [0.2, 0.25) is 0 Å². The van der Waals surface area contributed by atoms with Crippen molar-refractivity contribution in [2.75, 3.05) is 31.9 Å². The summed E-state index contributed by atoms with van der Waals surface area (Å²) < 4.78 is 10.6. The second-order valence-corrected chi connectivity index (χ2v) is 5.83. The number of methoxy groups -OCH3 is 2. The van der Waals surface area contributed by atoms with Gasteiger partial charge in [0.25, 0.3) is 0 Å². The fourth-order valence-electron chi connectivity index (χ4n) is 2.65. The predicted octanol–water partition coefficient (Wildman–Crippen LogP) is 3.19. The predicted molar refractivity (Wildman–Crippen MR) is 97.5 cm³/mol. The van der Waals surface area contributed by atoms with Gasteiger partial charge in [-0.15, -0.1) is 0 Å². The minimum Gasteiger partial charge on any atom is -0.496 e. The summed E-state index contributed by atoms with van der Waals surface area (Å²) in [6.07, 6.45) is 2.44. The number of ether oxygens (including phenoxy) is 2. The van der Waals surface area contributed by atoms with Crippen LogP contribution in [-0.4, -0.2) is 36.8 Å². The second kappa shape index (κ2) is 7.97. The van der Waals surface area contributed by atoms with E-state index in [1.807, 2.05) is 26.0 Å². The molecule has 3 N–H and O–H groups in total. The number of aryl methyl sites for hydroxylation is 2. The molecule has 1 unspecified atom stereocenters. The maximum Gasteiger partial charge on any atom is 0.153 e. The summed E-state index contributed by atoms with van der Waals surface area (Å²) in [5.74, 6) is 1.49. The van der Waals surface area contributed by atoms with Gasteiger partial charge in [-0.25, -0.2) is 9.97 Å². The Hall–Kier alpha value is -2.34. The van der Waals surface area contributed by atoms with E-state index in [9.17, 15) is 0 Å². The third kappa shape index (κ3) is 3.76. The van der Waals surface area contributed by atoms with E-state index in [-0.39, 0.29) is 6.04 Å². The van der Waals surface area contributed by atoms with Gasteiger partial charge in [0.1, 0.15) is 17.8 Å². The molecule has 0 aliphatic rings. The quantitative estimate of drug-likeness (QED) is 0.811. The summed E-state index contributed by atoms with van der Waals surface area (Å²) in [7, 11) is 3.35. The fourth-order valence-corrected chi connectivity index (χ4v) is 2.65. The average molecular weight is 330 g/mol. The molecule has 1 aromatic heterocycles. The lowest BCUT2D eigenvalue weighted by Crippen LogP contribution is -2.25. The molecule has 0 radical (unpaired) electrons. The van der Waals surface area contributed by atoms with Crippen LogP contribution in [0.4, 0.5) is 11.5 Å². The first-order valence-corrected chi connectivity index (χ1v) is 8.03. The van der Waals surface area contributed by atoms with Crippen LogP contribution in [0, 0.1) is 13.8 Å². The fraction of sp³-hybridized carbons (Fsp3) is 0.444. The van der Waals surface area contributed by atoms with Crippen LogP contribution in [0.2, 0.25) is 0 Å². The Balaban J connectivity index is 2.42. The van der Waals surface area contributed by atoms with Crippen LogP contribution in [0.1, 0.15) is 24.5 Å². The van der Waals surface area contributed by atoms with Gasteiger partial charge >= 0.3 is 0 Å². The van der Waals surface area contributed by atoms with Gasteiger partial charge in [-0.1, -0.05) is 6.92 Å². The van der Waals surface area contributed by atoms with Gasteiger partial charge in [0, 0.05) is 12.7 Å². The number of hydrogen-bond donors (Lipinski definition) is 2. The molecule has 6 nitrogen and oxygen atoms in total. The van der Waals surface area contributed by atoms with Crippen molar-refractivity contribution < 1.29 is 9.47 Å². The van der Waals surface area contributed by atoms with E-state index in [0.717, 1.165) is 34.6 Å². The van der Waals surface area contributed by atoms with Gasteiger partial charge in [-0.2, -0.15) is 0 Å². The van der Waals surface area contributed by atoms with Crippen molar-refractivity contribution in [2.45, 2.75) is 33.2 Å². The first kappa shape index (κ1) is 18.0. The molecule has 2 aromatic rings. The summed E-state index contributed by atoms with van der Waals surface area (Å²) in [6.45, 7) is 6.71. The first-order chi connectivity index (χ1) is 11.5. The molecule has 0 spiro atoms.